The molecule has 5 rings (SSSR count). The van der Waals surface area contributed by atoms with Crippen LogP contribution in [-0.2, 0) is 0 Å². The SMILES string of the molecule is c1cc(C2CC2)nnc1OCC1CCN(c2ccc3nncn3n2)C1. The molecule has 128 valence electrons. The van der Waals surface area contributed by atoms with Crippen LogP contribution in [0.5, 0.6) is 5.88 Å². The van der Waals surface area contributed by atoms with Gasteiger partial charge >= 0.3 is 0 Å². The van der Waals surface area contributed by atoms with E-state index in [1.165, 1.54) is 12.8 Å². The Hall–Kier alpha value is -2.77. The third-order valence-electron chi connectivity index (χ3n) is 4.88. The summed E-state index contributed by atoms with van der Waals surface area (Å²) in [5.41, 5.74) is 1.85. The second-order valence-electron chi connectivity index (χ2n) is 6.81. The van der Waals surface area contributed by atoms with E-state index in [2.05, 4.69) is 30.4 Å². The first-order chi connectivity index (χ1) is 12.3. The van der Waals surface area contributed by atoms with Gasteiger partial charge in [0.1, 0.15) is 12.1 Å². The van der Waals surface area contributed by atoms with Crippen LogP contribution in [0.25, 0.3) is 5.65 Å². The number of anilines is 1. The zero-order chi connectivity index (χ0) is 16.6. The molecule has 0 amide bonds. The van der Waals surface area contributed by atoms with Gasteiger partial charge in [-0.05, 0) is 37.5 Å². The summed E-state index contributed by atoms with van der Waals surface area (Å²) in [5, 5.41) is 20.9. The van der Waals surface area contributed by atoms with E-state index >= 15 is 0 Å². The molecule has 1 aliphatic heterocycles. The molecule has 2 fully saturated rings. The van der Waals surface area contributed by atoms with Crippen LogP contribution in [0.4, 0.5) is 5.82 Å². The molecule has 1 saturated carbocycles. The predicted molar refractivity (Wildman–Crippen MR) is 90.6 cm³/mol. The minimum Gasteiger partial charge on any atom is -0.476 e. The molecule has 25 heavy (non-hydrogen) atoms. The Labute approximate surface area is 144 Å². The molecule has 0 aromatic carbocycles. The van der Waals surface area contributed by atoms with Crippen molar-refractivity contribution in [3.63, 3.8) is 0 Å². The van der Waals surface area contributed by atoms with Gasteiger partial charge in [-0.3, -0.25) is 0 Å². The van der Waals surface area contributed by atoms with Crippen LogP contribution in [0.15, 0.2) is 30.6 Å². The van der Waals surface area contributed by atoms with Gasteiger partial charge in [-0.15, -0.1) is 20.4 Å². The number of fused-ring (bicyclic) bond motifs is 1. The molecule has 0 bridgehead atoms. The highest BCUT2D eigenvalue weighted by Crippen LogP contribution is 2.38. The Bertz CT molecular complexity index is 874. The zero-order valence-electron chi connectivity index (χ0n) is 13.8. The van der Waals surface area contributed by atoms with E-state index in [4.69, 9.17) is 4.74 Å². The zero-order valence-corrected chi connectivity index (χ0v) is 13.8. The van der Waals surface area contributed by atoms with Crippen molar-refractivity contribution >= 4 is 11.5 Å². The monoisotopic (exact) mass is 337 g/mol. The Kier molecular flexibility index (Phi) is 3.46. The van der Waals surface area contributed by atoms with Crippen molar-refractivity contribution < 1.29 is 4.74 Å². The number of ether oxygens (including phenoxy) is 1. The fourth-order valence-corrected chi connectivity index (χ4v) is 3.27. The lowest BCUT2D eigenvalue weighted by molar-refractivity contribution is 0.249. The van der Waals surface area contributed by atoms with E-state index in [-0.39, 0.29) is 0 Å². The van der Waals surface area contributed by atoms with Crippen molar-refractivity contribution in [1.29, 1.82) is 0 Å². The normalized spacial score (nSPS) is 20.3. The lowest BCUT2D eigenvalue weighted by atomic mass is 10.1. The van der Waals surface area contributed by atoms with Crippen molar-refractivity contribution in [2.45, 2.75) is 25.2 Å². The summed E-state index contributed by atoms with van der Waals surface area (Å²) in [4.78, 5) is 2.27. The summed E-state index contributed by atoms with van der Waals surface area (Å²) in [6.07, 6.45) is 5.18. The maximum Gasteiger partial charge on any atom is 0.233 e. The molecule has 0 radical (unpaired) electrons. The Morgan fingerprint density at radius 1 is 1.04 bits per heavy atom. The van der Waals surface area contributed by atoms with Gasteiger partial charge in [0.25, 0.3) is 0 Å². The molecule has 3 aromatic rings. The van der Waals surface area contributed by atoms with E-state index in [9.17, 15) is 0 Å². The highest BCUT2D eigenvalue weighted by Gasteiger charge is 2.26. The van der Waals surface area contributed by atoms with Gasteiger partial charge in [0.2, 0.25) is 5.88 Å². The van der Waals surface area contributed by atoms with Gasteiger partial charge < -0.3 is 9.64 Å². The van der Waals surface area contributed by atoms with Crippen molar-refractivity contribution in [2.24, 2.45) is 5.92 Å². The first kappa shape index (κ1) is 14.6. The molecule has 8 heteroatoms. The summed E-state index contributed by atoms with van der Waals surface area (Å²) < 4.78 is 7.55. The largest absolute Gasteiger partial charge is 0.476 e. The minimum absolute atomic E-state index is 0.461. The van der Waals surface area contributed by atoms with E-state index < -0.39 is 0 Å². The Morgan fingerprint density at radius 2 is 2.00 bits per heavy atom. The van der Waals surface area contributed by atoms with Gasteiger partial charge in [0.15, 0.2) is 5.65 Å². The van der Waals surface area contributed by atoms with Crippen LogP contribution in [0.1, 0.15) is 30.9 Å². The van der Waals surface area contributed by atoms with Gasteiger partial charge in [0.05, 0.1) is 12.3 Å². The molecular formula is C17H19N7O. The molecular weight excluding hydrogens is 318 g/mol. The first-order valence-corrected chi connectivity index (χ1v) is 8.73. The van der Waals surface area contributed by atoms with E-state index in [0.29, 0.717) is 24.3 Å². The molecule has 4 heterocycles. The Morgan fingerprint density at radius 3 is 2.84 bits per heavy atom. The maximum absolute atomic E-state index is 5.84. The summed E-state index contributed by atoms with van der Waals surface area (Å²) >= 11 is 0. The van der Waals surface area contributed by atoms with Crippen molar-refractivity contribution in [3.8, 4) is 5.88 Å². The van der Waals surface area contributed by atoms with Crippen molar-refractivity contribution in [1.82, 2.24) is 30.0 Å². The third-order valence-corrected chi connectivity index (χ3v) is 4.88. The van der Waals surface area contributed by atoms with E-state index in [0.717, 1.165) is 36.7 Å². The summed E-state index contributed by atoms with van der Waals surface area (Å²) in [7, 11) is 0. The number of hydrogen-bond donors (Lipinski definition) is 0. The number of hydrogen-bond acceptors (Lipinski definition) is 7. The van der Waals surface area contributed by atoms with Gasteiger partial charge in [0, 0.05) is 31.0 Å². The van der Waals surface area contributed by atoms with Gasteiger partial charge in [-0.25, -0.2) is 0 Å². The molecule has 1 saturated heterocycles. The fourth-order valence-electron chi connectivity index (χ4n) is 3.27. The molecule has 3 aromatic heterocycles. The maximum atomic E-state index is 5.84. The van der Waals surface area contributed by atoms with Crippen LogP contribution in [-0.4, -0.2) is 49.7 Å². The van der Waals surface area contributed by atoms with Crippen molar-refractivity contribution in [3.05, 3.63) is 36.3 Å². The number of aromatic nitrogens is 6. The van der Waals surface area contributed by atoms with Gasteiger partial charge in [-0.1, -0.05) is 0 Å². The third kappa shape index (κ3) is 2.99. The molecule has 1 atom stereocenters. The molecule has 0 spiro atoms. The van der Waals surface area contributed by atoms with Gasteiger partial charge in [-0.2, -0.15) is 9.61 Å². The smallest absolute Gasteiger partial charge is 0.233 e. The highest BCUT2D eigenvalue weighted by molar-refractivity contribution is 5.45. The molecule has 1 aliphatic carbocycles. The van der Waals surface area contributed by atoms with Crippen molar-refractivity contribution in [2.75, 3.05) is 24.6 Å². The summed E-state index contributed by atoms with van der Waals surface area (Å²) in [5.74, 6) is 2.65. The second-order valence-corrected chi connectivity index (χ2v) is 6.81. The number of rotatable bonds is 5. The minimum atomic E-state index is 0.461. The summed E-state index contributed by atoms with van der Waals surface area (Å²) in [6.45, 7) is 2.55. The van der Waals surface area contributed by atoms with E-state index in [1.807, 2.05) is 24.3 Å². The van der Waals surface area contributed by atoms with Crippen LogP contribution >= 0.6 is 0 Å². The predicted octanol–water partition coefficient (Wildman–Crippen LogP) is 1.70. The second kappa shape index (κ2) is 5.94. The van der Waals surface area contributed by atoms with Crippen LogP contribution in [0.2, 0.25) is 0 Å². The molecule has 0 N–H and O–H groups in total. The molecule has 1 unspecified atom stereocenters. The lowest BCUT2D eigenvalue weighted by Crippen LogP contribution is -2.23. The van der Waals surface area contributed by atoms with Crippen LogP contribution in [0.3, 0.4) is 0 Å². The van der Waals surface area contributed by atoms with Crippen LogP contribution < -0.4 is 9.64 Å². The average Bonchev–Trinajstić information content (AvgIpc) is 3.20. The summed E-state index contributed by atoms with van der Waals surface area (Å²) in [6, 6.07) is 7.92. The highest BCUT2D eigenvalue weighted by atomic mass is 16.5. The lowest BCUT2D eigenvalue weighted by Gasteiger charge is -2.17. The first-order valence-electron chi connectivity index (χ1n) is 8.73. The average molecular weight is 337 g/mol. The molecule has 8 nitrogen and oxygen atoms in total. The Balaban J connectivity index is 1.18. The quantitative estimate of drug-likeness (QED) is 0.701. The molecule has 2 aliphatic rings. The standard InChI is InChI=1S/C17H19N7O/c1-2-13(1)14-3-6-17(21-19-14)25-10-12-7-8-23(9-12)16-5-4-15-20-18-11-24(15)22-16/h3-6,11-13H,1-2,7-10H2. The van der Waals surface area contributed by atoms with E-state index in [1.54, 1.807) is 10.8 Å². The van der Waals surface area contributed by atoms with Crippen LogP contribution in [0, 0.1) is 5.92 Å². The fraction of sp³-hybridized carbons (Fsp3) is 0.471. The number of nitrogens with zero attached hydrogens (tertiary/aromatic N) is 7. The topological polar surface area (TPSA) is 81.3 Å².